The Kier molecular flexibility index (Phi) is 6.62. The molecule has 0 amide bonds. The molecule has 0 saturated heterocycles. The highest BCUT2D eigenvalue weighted by Gasteiger charge is 2.44. The van der Waals surface area contributed by atoms with Crippen molar-refractivity contribution in [3.8, 4) is 11.3 Å². The van der Waals surface area contributed by atoms with E-state index < -0.39 is 0 Å². The minimum absolute atomic E-state index is 0.294. The van der Waals surface area contributed by atoms with E-state index in [1.54, 1.807) is 0 Å². The molecule has 0 radical (unpaired) electrons. The minimum Gasteiger partial charge on any atom is -0.378 e. The highest BCUT2D eigenvalue weighted by atomic mass is 35.5. The van der Waals surface area contributed by atoms with Gasteiger partial charge in [-0.3, -0.25) is 0 Å². The molecule has 168 valence electrons. The summed E-state index contributed by atoms with van der Waals surface area (Å²) in [6.07, 6.45) is 10.0. The van der Waals surface area contributed by atoms with Crippen LogP contribution in [-0.2, 0) is 16.1 Å². The molecule has 3 fully saturated rings. The molecule has 6 heteroatoms. The van der Waals surface area contributed by atoms with Crippen molar-refractivity contribution in [3.63, 3.8) is 0 Å². The van der Waals surface area contributed by atoms with E-state index >= 15 is 0 Å². The van der Waals surface area contributed by atoms with E-state index in [-0.39, 0.29) is 0 Å². The Hall–Kier alpha value is -1.07. The van der Waals surface area contributed by atoms with Gasteiger partial charge in [-0.1, -0.05) is 47.8 Å². The number of unbranched alkanes of at least 4 members (excludes halogenated alkanes) is 1. The summed E-state index contributed by atoms with van der Waals surface area (Å²) in [6, 6.07) is 5.54. The molecule has 1 unspecified atom stereocenters. The summed E-state index contributed by atoms with van der Waals surface area (Å²) in [7, 11) is 0. The van der Waals surface area contributed by atoms with Crippen molar-refractivity contribution in [3.05, 3.63) is 39.6 Å². The molecule has 3 saturated carbocycles. The van der Waals surface area contributed by atoms with Crippen molar-refractivity contribution in [2.45, 2.75) is 83.0 Å². The number of halogens is 2. The van der Waals surface area contributed by atoms with Gasteiger partial charge >= 0.3 is 0 Å². The van der Waals surface area contributed by atoms with Gasteiger partial charge in [0.1, 0.15) is 11.5 Å². The first-order valence-electron chi connectivity index (χ1n) is 11.8. The van der Waals surface area contributed by atoms with E-state index in [1.165, 1.54) is 19.3 Å². The molecule has 2 bridgehead atoms. The summed E-state index contributed by atoms with van der Waals surface area (Å²) in [5.41, 5.74) is 2.51. The van der Waals surface area contributed by atoms with Gasteiger partial charge < -0.3 is 14.0 Å². The van der Waals surface area contributed by atoms with Crippen LogP contribution >= 0.6 is 23.2 Å². The lowest BCUT2D eigenvalue weighted by molar-refractivity contribution is -0.0781. The maximum atomic E-state index is 6.61. The smallest absolute Gasteiger partial charge is 0.145 e. The molecule has 0 N–H and O–H groups in total. The Labute approximate surface area is 194 Å². The maximum absolute atomic E-state index is 6.61. The second-order valence-corrected chi connectivity index (χ2v) is 10.3. The summed E-state index contributed by atoms with van der Waals surface area (Å²) in [5, 5.41) is 5.58. The molecule has 3 aliphatic rings. The van der Waals surface area contributed by atoms with Gasteiger partial charge in [0.15, 0.2) is 0 Å². The third-order valence-corrected chi connectivity index (χ3v) is 7.84. The van der Waals surface area contributed by atoms with Crippen molar-refractivity contribution in [2.24, 2.45) is 11.8 Å². The van der Waals surface area contributed by atoms with Crippen molar-refractivity contribution in [1.29, 1.82) is 0 Å². The fourth-order valence-electron chi connectivity index (χ4n) is 5.45. The lowest BCUT2D eigenvalue weighted by atomic mass is 9.84. The van der Waals surface area contributed by atoms with E-state index in [1.807, 2.05) is 18.2 Å². The summed E-state index contributed by atoms with van der Waals surface area (Å²) in [6.45, 7) is 3.60. The normalized spacial score (nSPS) is 27.7. The van der Waals surface area contributed by atoms with Gasteiger partial charge in [0, 0.05) is 23.7 Å². The molecule has 0 spiro atoms. The van der Waals surface area contributed by atoms with Crippen molar-refractivity contribution < 1.29 is 14.0 Å². The Morgan fingerprint density at radius 1 is 1.03 bits per heavy atom. The Morgan fingerprint density at radius 3 is 2.39 bits per heavy atom. The van der Waals surface area contributed by atoms with Gasteiger partial charge in [0.05, 0.1) is 28.9 Å². The number of ether oxygens (including phenoxy) is 2. The number of hydrogen-bond donors (Lipinski definition) is 0. The van der Waals surface area contributed by atoms with Crippen LogP contribution in [0.2, 0.25) is 10.0 Å². The van der Waals surface area contributed by atoms with Gasteiger partial charge in [-0.15, -0.1) is 0 Å². The second-order valence-electron chi connectivity index (χ2n) is 9.44. The SMILES string of the molecule is CCCCO[C@@H]1C[C@H]2CC[C@@H](C1)C2OCc1c(-c2c(Cl)cccc2Cl)noc1C1CC1. The molecule has 5 rings (SSSR count). The van der Waals surface area contributed by atoms with Crippen LogP contribution in [-0.4, -0.2) is 24.0 Å². The second kappa shape index (κ2) is 9.43. The van der Waals surface area contributed by atoms with Crippen molar-refractivity contribution in [2.75, 3.05) is 6.61 Å². The molecular weight excluding hydrogens is 433 g/mol. The molecule has 0 aliphatic heterocycles. The van der Waals surface area contributed by atoms with Gasteiger partial charge in [-0.05, 0) is 68.9 Å². The summed E-state index contributed by atoms with van der Waals surface area (Å²) in [4.78, 5) is 0. The molecule has 1 aromatic carbocycles. The van der Waals surface area contributed by atoms with E-state index in [2.05, 4.69) is 12.1 Å². The number of rotatable bonds is 9. The Balaban J connectivity index is 1.32. The first kappa shape index (κ1) is 21.8. The van der Waals surface area contributed by atoms with Crippen LogP contribution in [0.25, 0.3) is 11.3 Å². The largest absolute Gasteiger partial charge is 0.378 e. The topological polar surface area (TPSA) is 44.5 Å². The lowest BCUT2D eigenvalue weighted by Gasteiger charge is -2.35. The molecule has 1 aromatic heterocycles. The van der Waals surface area contributed by atoms with E-state index in [0.717, 1.165) is 61.3 Å². The van der Waals surface area contributed by atoms with E-state index in [4.69, 9.17) is 37.2 Å². The average molecular weight is 464 g/mol. The number of aromatic nitrogens is 1. The fraction of sp³-hybridized carbons (Fsp3) is 0.640. The van der Waals surface area contributed by atoms with E-state index in [9.17, 15) is 0 Å². The average Bonchev–Trinajstić information content (AvgIpc) is 3.47. The molecule has 31 heavy (non-hydrogen) atoms. The number of fused-ring (bicyclic) bond motifs is 2. The van der Waals surface area contributed by atoms with Gasteiger partial charge in [-0.2, -0.15) is 0 Å². The van der Waals surface area contributed by atoms with Crippen LogP contribution in [0.4, 0.5) is 0 Å². The van der Waals surface area contributed by atoms with Crippen molar-refractivity contribution >= 4 is 23.2 Å². The number of nitrogens with zero attached hydrogens (tertiary/aromatic N) is 1. The number of benzene rings is 1. The Bertz CT molecular complexity index is 876. The molecule has 3 aliphatic carbocycles. The van der Waals surface area contributed by atoms with Crippen molar-refractivity contribution in [1.82, 2.24) is 5.16 Å². The summed E-state index contributed by atoms with van der Waals surface area (Å²) in [5.74, 6) is 2.57. The first-order chi connectivity index (χ1) is 15.2. The molecule has 2 aromatic rings. The van der Waals surface area contributed by atoms with Crippen LogP contribution in [0.15, 0.2) is 22.7 Å². The van der Waals surface area contributed by atoms with Crippen LogP contribution in [0.3, 0.4) is 0 Å². The van der Waals surface area contributed by atoms with Crippen LogP contribution in [0.1, 0.15) is 75.5 Å². The predicted octanol–water partition coefficient (Wildman–Crippen LogP) is 7.42. The highest BCUT2D eigenvalue weighted by molar-refractivity contribution is 6.39. The fourth-order valence-corrected chi connectivity index (χ4v) is 6.02. The van der Waals surface area contributed by atoms with Gasteiger partial charge in [0.2, 0.25) is 0 Å². The quantitative estimate of drug-likeness (QED) is 0.362. The highest BCUT2D eigenvalue weighted by Crippen LogP contribution is 2.48. The number of hydrogen-bond acceptors (Lipinski definition) is 4. The van der Waals surface area contributed by atoms with Gasteiger partial charge in [-0.25, -0.2) is 0 Å². The minimum atomic E-state index is 0.294. The molecule has 4 nitrogen and oxygen atoms in total. The predicted molar refractivity (Wildman–Crippen MR) is 123 cm³/mol. The van der Waals surface area contributed by atoms with Gasteiger partial charge in [0.25, 0.3) is 0 Å². The summed E-state index contributed by atoms with van der Waals surface area (Å²) < 4.78 is 18.6. The van der Waals surface area contributed by atoms with Crippen LogP contribution < -0.4 is 0 Å². The molecule has 4 atom stereocenters. The monoisotopic (exact) mass is 463 g/mol. The van der Waals surface area contributed by atoms with Crippen LogP contribution in [0.5, 0.6) is 0 Å². The van der Waals surface area contributed by atoms with E-state index in [0.29, 0.717) is 46.6 Å². The maximum Gasteiger partial charge on any atom is 0.145 e. The summed E-state index contributed by atoms with van der Waals surface area (Å²) >= 11 is 13.0. The zero-order valence-electron chi connectivity index (χ0n) is 18.1. The zero-order chi connectivity index (χ0) is 21.4. The zero-order valence-corrected chi connectivity index (χ0v) is 19.6. The van der Waals surface area contributed by atoms with Crippen LogP contribution in [0, 0.1) is 11.8 Å². The third kappa shape index (κ3) is 4.55. The first-order valence-corrected chi connectivity index (χ1v) is 12.6. The Morgan fingerprint density at radius 2 is 1.74 bits per heavy atom. The lowest BCUT2D eigenvalue weighted by Crippen LogP contribution is -2.36. The molecular formula is C25H31Cl2NO3. The third-order valence-electron chi connectivity index (χ3n) is 7.21. The molecule has 1 heterocycles. The standard InChI is InChI=1S/C25H31Cl2NO3/c1-2-3-11-29-18-12-16-9-10-17(13-18)24(16)30-14-19-23(28-31-25(19)15-7-8-15)22-20(26)5-4-6-21(22)27/h4-6,15-18,24H,2-3,7-14H2,1H3/t16-,17+,18-,24?.